The van der Waals surface area contributed by atoms with Crippen molar-refractivity contribution in [1.29, 1.82) is 0 Å². The predicted octanol–water partition coefficient (Wildman–Crippen LogP) is 2.11. The van der Waals surface area contributed by atoms with Crippen molar-refractivity contribution in [2.45, 2.75) is 19.1 Å². The van der Waals surface area contributed by atoms with E-state index in [2.05, 4.69) is 4.98 Å². The van der Waals surface area contributed by atoms with Crippen LogP contribution >= 0.6 is 11.6 Å². The second kappa shape index (κ2) is 5.70. The third kappa shape index (κ3) is 2.60. The standard InChI is InChI=1S/C15H15ClFN3O2/c1-8-6-20(7-12(22-8)15(18)21)11-3-2-9-10(16)4-5-19-14(9)13(11)17/h2-5,8,12H,6-7H2,1H3,(H2,18,21)/t8-,12?/m1/s1. The van der Waals surface area contributed by atoms with Gasteiger partial charge in [-0.15, -0.1) is 0 Å². The second-order valence-corrected chi connectivity index (χ2v) is 5.74. The second-order valence-electron chi connectivity index (χ2n) is 5.33. The number of aromatic nitrogens is 1. The van der Waals surface area contributed by atoms with Crippen molar-refractivity contribution in [3.8, 4) is 0 Å². The number of carbonyl (C=O) groups is 1. The number of primary amides is 1. The van der Waals surface area contributed by atoms with E-state index >= 15 is 0 Å². The fourth-order valence-corrected chi connectivity index (χ4v) is 2.90. The Bertz CT molecular complexity index is 740. The first-order valence-electron chi connectivity index (χ1n) is 6.90. The first-order valence-corrected chi connectivity index (χ1v) is 7.27. The van der Waals surface area contributed by atoms with Gasteiger partial charge in [-0.1, -0.05) is 11.6 Å². The minimum atomic E-state index is -0.758. The highest BCUT2D eigenvalue weighted by molar-refractivity contribution is 6.35. The first-order chi connectivity index (χ1) is 10.5. The minimum Gasteiger partial charge on any atom is -0.367 e. The SMILES string of the molecule is C[C@@H]1CN(c2ccc3c(Cl)ccnc3c2F)CC(C(N)=O)O1. The number of fused-ring (bicyclic) bond motifs is 1. The quantitative estimate of drug-likeness (QED) is 0.919. The molecule has 1 unspecified atom stereocenters. The van der Waals surface area contributed by atoms with Crippen LogP contribution < -0.4 is 10.6 Å². The maximum atomic E-state index is 14.8. The van der Waals surface area contributed by atoms with Crippen LogP contribution in [-0.4, -0.2) is 36.2 Å². The van der Waals surface area contributed by atoms with Gasteiger partial charge in [-0.05, 0) is 25.1 Å². The maximum Gasteiger partial charge on any atom is 0.248 e. The van der Waals surface area contributed by atoms with E-state index in [-0.39, 0.29) is 18.2 Å². The summed E-state index contributed by atoms with van der Waals surface area (Å²) in [6.07, 6.45) is 0.478. The zero-order valence-electron chi connectivity index (χ0n) is 11.9. The summed E-state index contributed by atoms with van der Waals surface area (Å²) in [4.78, 5) is 17.2. The van der Waals surface area contributed by atoms with Gasteiger partial charge < -0.3 is 15.4 Å². The van der Waals surface area contributed by atoms with E-state index in [1.54, 1.807) is 23.1 Å². The third-order valence-corrected chi connectivity index (χ3v) is 4.03. The molecule has 0 aliphatic carbocycles. The lowest BCUT2D eigenvalue weighted by molar-refractivity contribution is -0.133. The maximum absolute atomic E-state index is 14.8. The van der Waals surface area contributed by atoms with Crippen LogP contribution in [0.1, 0.15) is 6.92 Å². The van der Waals surface area contributed by atoms with Crippen LogP contribution in [-0.2, 0) is 9.53 Å². The first kappa shape index (κ1) is 15.0. The Morgan fingerprint density at radius 2 is 2.23 bits per heavy atom. The summed E-state index contributed by atoms with van der Waals surface area (Å²) < 4.78 is 20.2. The Hall–Kier alpha value is -1.92. The van der Waals surface area contributed by atoms with Crippen molar-refractivity contribution in [3.05, 3.63) is 35.2 Å². The number of anilines is 1. The molecule has 1 amide bonds. The van der Waals surface area contributed by atoms with Crippen LogP contribution in [0.3, 0.4) is 0 Å². The van der Waals surface area contributed by atoms with Gasteiger partial charge in [-0.25, -0.2) is 4.39 Å². The van der Waals surface area contributed by atoms with E-state index in [1.165, 1.54) is 6.20 Å². The molecule has 7 heteroatoms. The molecule has 0 spiro atoms. The number of hydrogen-bond acceptors (Lipinski definition) is 4. The van der Waals surface area contributed by atoms with Crippen molar-refractivity contribution in [2.24, 2.45) is 5.73 Å². The van der Waals surface area contributed by atoms with Crippen molar-refractivity contribution in [1.82, 2.24) is 4.98 Å². The fraction of sp³-hybridized carbons (Fsp3) is 0.333. The lowest BCUT2D eigenvalue weighted by Gasteiger charge is -2.37. The molecule has 2 atom stereocenters. The van der Waals surface area contributed by atoms with Gasteiger partial charge >= 0.3 is 0 Å². The zero-order chi connectivity index (χ0) is 15.9. The van der Waals surface area contributed by atoms with Gasteiger partial charge in [0, 0.05) is 18.1 Å². The summed E-state index contributed by atoms with van der Waals surface area (Å²) in [6.45, 7) is 2.49. The topological polar surface area (TPSA) is 68.5 Å². The van der Waals surface area contributed by atoms with Crippen molar-refractivity contribution >= 4 is 34.1 Å². The number of carbonyl (C=O) groups excluding carboxylic acids is 1. The van der Waals surface area contributed by atoms with Crippen LogP contribution in [0.25, 0.3) is 10.9 Å². The Labute approximate surface area is 131 Å². The Morgan fingerprint density at radius 3 is 2.95 bits per heavy atom. The average molecular weight is 324 g/mol. The molecule has 0 bridgehead atoms. The molecule has 1 aliphatic heterocycles. The number of nitrogens with two attached hydrogens (primary N) is 1. The molecule has 2 N–H and O–H groups in total. The molecule has 0 radical (unpaired) electrons. The largest absolute Gasteiger partial charge is 0.367 e. The molecule has 0 saturated carbocycles. The summed E-state index contributed by atoms with van der Waals surface area (Å²) >= 11 is 6.05. The van der Waals surface area contributed by atoms with Crippen LogP contribution in [0.4, 0.5) is 10.1 Å². The van der Waals surface area contributed by atoms with E-state index in [1.807, 2.05) is 6.92 Å². The summed E-state index contributed by atoms with van der Waals surface area (Å²) in [6, 6.07) is 4.98. The normalized spacial score (nSPS) is 22.0. The Morgan fingerprint density at radius 1 is 1.45 bits per heavy atom. The number of benzene rings is 1. The molecule has 2 heterocycles. The van der Waals surface area contributed by atoms with Crippen molar-refractivity contribution in [2.75, 3.05) is 18.0 Å². The number of halogens is 2. The van der Waals surface area contributed by atoms with Gasteiger partial charge in [-0.3, -0.25) is 9.78 Å². The predicted molar refractivity (Wildman–Crippen MR) is 82.5 cm³/mol. The number of rotatable bonds is 2. The summed E-state index contributed by atoms with van der Waals surface area (Å²) in [7, 11) is 0. The lowest BCUT2D eigenvalue weighted by atomic mass is 10.1. The van der Waals surface area contributed by atoms with Crippen LogP contribution in [0.2, 0.25) is 5.02 Å². The molecule has 2 aromatic rings. The number of hydrogen-bond donors (Lipinski definition) is 1. The van der Waals surface area contributed by atoms with E-state index in [0.29, 0.717) is 22.6 Å². The van der Waals surface area contributed by atoms with Crippen LogP contribution in [0, 0.1) is 5.82 Å². The molecule has 1 aromatic heterocycles. The van der Waals surface area contributed by atoms with Crippen molar-refractivity contribution < 1.29 is 13.9 Å². The van der Waals surface area contributed by atoms with Crippen LogP contribution in [0.15, 0.2) is 24.4 Å². The monoisotopic (exact) mass is 323 g/mol. The van der Waals surface area contributed by atoms with E-state index in [4.69, 9.17) is 22.1 Å². The number of nitrogens with zero attached hydrogens (tertiary/aromatic N) is 2. The summed E-state index contributed by atoms with van der Waals surface area (Å²) in [5.41, 5.74) is 5.88. The number of ether oxygens (including phenoxy) is 1. The van der Waals surface area contributed by atoms with Gasteiger partial charge in [0.1, 0.15) is 5.52 Å². The smallest absolute Gasteiger partial charge is 0.248 e. The van der Waals surface area contributed by atoms with Crippen LogP contribution in [0.5, 0.6) is 0 Å². The lowest BCUT2D eigenvalue weighted by Crippen LogP contribution is -2.51. The van der Waals surface area contributed by atoms with Gasteiger partial charge in [0.05, 0.1) is 23.4 Å². The molecule has 1 aliphatic rings. The summed E-state index contributed by atoms with van der Waals surface area (Å²) in [5.74, 6) is -1.02. The van der Waals surface area contributed by atoms with Gasteiger partial charge in [0.25, 0.3) is 0 Å². The highest BCUT2D eigenvalue weighted by Gasteiger charge is 2.30. The molecule has 22 heavy (non-hydrogen) atoms. The Balaban J connectivity index is 2.02. The summed E-state index contributed by atoms with van der Waals surface area (Å²) in [5, 5.41) is 0.999. The molecular weight excluding hydrogens is 309 g/mol. The highest BCUT2D eigenvalue weighted by atomic mass is 35.5. The average Bonchev–Trinajstić information content (AvgIpc) is 2.48. The molecule has 3 rings (SSSR count). The highest BCUT2D eigenvalue weighted by Crippen LogP contribution is 2.31. The fourth-order valence-electron chi connectivity index (χ4n) is 2.69. The van der Waals surface area contributed by atoms with E-state index in [9.17, 15) is 9.18 Å². The number of amides is 1. The molecular formula is C15H15ClFN3O2. The van der Waals surface area contributed by atoms with E-state index < -0.39 is 17.8 Å². The molecule has 1 saturated heterocycles. The third-order valence-electron chi connectivity index (χ3n) is 3.70. The molecule has 116 valence electrons. The molecule has 5 nitrogen and oxygen atoms in total. The molecule has 1 fully saturated rings. The minimum absolute atomic E-state index is 0.208. The number of morpholine rings is 1. The van der Waals surface area contributed by atoms with Gasteiger partial charge in [0.15, 0.2) is 11.9 Å². The molecule has 1 aromatic carbocycles. The van der Waals surface area contributed by atoms with Crippen molar-refractivity contribution in [3.63, 3.8) is 0 Å². The number of pyridine rings is 1. The van der Waals surface area contributed by atoms with Gasteiger partial charge in [-0.2, -0.15) is 0 Å². The Kier molecular flexibility index (Phi) is 3.88. The zero-order valence-corrected chi connectivity index (χ0v) is 12.7. The van der Waals surface area contributed by atoms with E-state index in [0.717, 1.165) is 0 Å². The van der Waals surface area contributed by atoms with Gasteiger partial charge in [0.2, 0.25) is 5.91 Å².